The van der Waals surface area contributed by atoms with Gasteiger partial charge in [-0.05, 0) is 12.1 Å². The van der Waals surface area contributed by atoms with E-state index in [1.54, 1.807) is 12.1 Å². The molecule has 8 nitrogen and oxygen atoms in total. The highest BCUT2D eigenvalue weighted by molar-refractivity contribution is 6.05. The van der Waals surface area contributed by atoms with Gasteiger partial charge in [0.2, 0.25) is 0 Å². The zero-order valence-electron chi connectivity index (χ0n) is 9.83. The molecule has 0 aliphatic heterocycles. The molecule has 98 valence electrons. The first-order chi connectivity index (χ1) is 9.17. The number of hydrogen-bond acceptors (Lipinski definition) is 5. The third-order valence-electron chi connectivity index (χ3n) is 2.46. The van der Waals surface area contributed by atoms with Crippen LogP contribution in [0.4, 0.5) is 0 Å². The number of nitrogens with one attached hydrogen (secondary N) is 2. The second kappa shape index (κ2) is 5.29. The summed E-state index contributed by atoms with van der Waals surface area (Å²) < 4.78 is 1.40. The molecule has 0 atom stereocenters. The third-order valence-corrected chi connectivity index (χ3v) is 2.46. The van der Waals surface area contributed by atoms with Crippen molar-refractivity contribution in [2.24, 2.45) is 11.7 Å². The minimum atomic E-state index is -0.673. The fraction of sp³-hybridized carbons (Fsp3) is 0. The van der Waals surface area contributed by atoms with Gasteiger partial charge < -0.3 is 0 Å². The van der Waals surface area contributed by atoms with Crippen LogP contribution in [-0.4, -0.2) is 21.6 Å². The molecule has 1 aromatic carbocycles. The van der Waals surface area contributed by atoms with E-state index in [1.807, 2.05) is 29.1 Å². The van der Waals surface area contributed by atoms with E-state index in [1.165, 1.54) is 10.9 Å². The van der Waals surface area contributed by atoms with Gasteiger partial charge in [-0.1, -0.05) is 18.2 Å². The second-order valence-corrected chi connectivity index (χ2v) is 3.62. The lowest BCUT2D eigenvalue weighted by Crippen LogP contribution is -2.35. The maximum atomic E-state index is 11.6. The minimum absolute atomic E-state index is 0.0364. The highest BCUT2D eigenvalue weighted by Gasteiger charge is 2.21. The highest BCUT2D eigenvalue weighted by Crippen LogP contribution is 2.12. The van der Waals surface area contributed by atoms with Gasteiger partial charge in [-0.15, -0.1) is 0 Å². The molecule has 2 aromatic rings. The van der Waals surface area contributed by atoms with Crippen LogP contribution in [0.1, 0.15) is 20.8 Å². The minimum Gasteiger partial charge on any atom is -0.290 e. The number of nitrogens with zero attached hydrogens (tertiary/aromatic N) is 2. The Kier molecular flexibility index (Phi) is 3.55. The van der Waals surface area contributed by atoms with Crippen LogP contribution in [0.15, 0.2) is 36.5 Å². The molecule has 0 radical (unpaired) electrons. The summed E-state index contributed by atoms with van der Waals surface area (Å²) in [7, 11) is 0. The summed E-state index contributed by atoms with van der Waals surface area (Å²) in [5.74, 6) is 8.82. The smallest absolute Gasteiger partial charge is 0.286 e. The fourth-order valence-electron chi connectivity index (χ4n) is 1.57. The van der Waals surface area contributed by atoms with Crippen molar-refractivity contribution in [3.8, 4) is 5.69 Å². The number of nitrogens with two attached hydrogens (primary N) is 2. The Labute approximate surface area is 108 Å². The van der Waals surface area contributed by atoms with Crippen molar-refractivity contribution < 1.29 is 9.59 Å². The van der Waals surface area contributed by atoms with E-state index < -0.39 is 11.8 Å². The van der Waals surface area contributed by atoms with Crippen LogP contribution in [0.2, 0.25) is 0 Å². The van der Waals surface area contributed by atoms with Gasteiger partial charge in [0.25, 0.3) is 11.8 Å². The SMILES string of the molecule is NNC(=O)c1cn(-c2ccccc2)nc1C(=O)NN. The Hall–Kier alpha value is -2.71. The molecule has 0 aliphatic rings. The van der Waals surface area contributed by atoms with E-state index in [-0.39, 0.29) is 11.3 Å². The molecule has 0 saturated heterocycles. The number of aromatic nitrogens is 2. The third kappa shape index (κ3) is 2.44. The Bertz CT molecular complexity index is 573. The number of para-hydroxylation sites is 1. The lowest BCUT2D eigenvalue weighted by atomic mass is 10.2. The van der Waals surface area contributed by atoms with Gasteiger partial charge in [-0.2, -0.15) is 5.10 Å². The first-order valence-electron chi connectivity index (χ1n) is 5.34. The predicted octanol–water partition coefficient (Wildman–Crippen LogP) is -0.921. The molecule has 1 aromatic heterocycles. The lowest BCUT2D eigenvalue weighted by molar-refractivity contribution is 0.0917. The largest absolute Gasteiger partial charge is 0.290 e. The van der Waals surface area contributed by atoms with E-state index in [9.17, 15) is 9.59 Å². The van der Waals surface area contributed by atoms with Gasteiger partial charge in [0.15, 0.2) is 5.69 Å². The monoisotopic (exact) mass is 260 g/mol. The maximum Gasteiger partial charge on any atom is 0.286 e. The maximum absolute atomic E-state index is 11.6. The van der Waals surface area contributed by atoms with Crippen molar-refractivity contribution in [3.05, 3.63) is 47.8 Å². The van der Waals surface area contributed by atoms with Crippen molar-refractivity contribution in [1.82, 2.24) is 20.6 Å². The Balaban J connectivity index is 2.52. The van der Waals surface area contributed by atoms with E-state index in [2.05, 4.69) is 5.10 Å². The molecule has 0 fully saturated rings. The van der Waals surface area contributed by atoms with Crippen molar-refractivity contribution >= 4 is 11.8 Å². The van der Waals surface area contributed by atoms with E-state index >= 15 is 0 Å². The molecule has 19 heavy (non-hydrogen) atoms. The quantitative estimate of drug-likeness (QED) is 0.322. The molecule has 0 aliphatic carbocycles. The van der Waals surface area contributed by atoms with E-state index in [0.29, 0.717) is 5.69 Å². The summed E-state index contributed by atoms with van der Waals surface area (Å²) in [5, 5.41) is 4.03. The molecule has 2 rings (SSSR count). The van der Waals surface area contributed by atoms with Gasteiger partial charge in [0.05, 0.1) is 11.3 Å². The van der Waals surface area contributed by atoms with Gasteiger partial charge in [0.1, 0.15) is 0 Å². The van der Waals surface area contributed by atoms with Crippen molar-refractivity contribution in [2.45, 2.75) is 0 Å². The highest BCUT2D eigenvalue weighted by atomic mass is 16.2. The Morgan fingerprint density at radius 2 is 1.68 bits per heavy atom. The van der Waals surface area contributed by atoms with Crippen molar-refractivity contribution in [2.75, 3.05) is 0 Å². The number of hydrogen-bond donors (Lipinski definition) is 4. The summed E-state index contributed by atoms with van der Waals surface area (Å²) >= 11 is 0. The molecule has 1 heterocycles. The van der Waals surface area contributed by atoms with Gasteiger partial charge >= 0.3 is 0 Å². The molecule has 0 bridgehead atoms. The fourth-order valence-corrected chi connectivity index (χ4v) is 1.57. The van der Waals surface area contributed by atoms with Crippen LogP contribution in [0.3, 0.4) is 0 Å². The van der Waals surface area contributed by atoms with Crippen LogP contribution in [0, 0.1) is 0 Å². The molecular formula is C11H12N6O2. The van der Waals surface area contributed by atoms with Gasteiger partial charge in [-0.25, -0.2) is 16.4 Å². The van der Waals surface area contributed by atoms with E-state index in [4.69, 9.17) is 11.7 Å². The van der Waals surface area contributed by atoms with Crippen LogP contribution in [-0.2, 0) is 0 Å². The van der Waals surface area contributed by atoms with Crippen LogP contribution in [0.25, 0.3) is 5.69 Å². The molecular weight excluding hydrogens is 248 g/mol. The zero-order chi connectivity index (χ0) is 13.8. The Morgan fingerprint density at radius 1 is 1.05 bits per heavy atom. The van der Waals surface area contributed by atoms with Crippen molar-refractivity contribution in [1.29, 1.82) is 0 Å². The van der Waals surface area contributed by atoms with Gasteiger partial charge in [0, 0.05) is 6.20 Å². The zero-order valence-corrected chi connectivity index (χ0v) is 9.83. The molecule has 0 saturated carbocycles. The molecule has 0 unspecified atom stereocenters. The summed E-state index contributed by atoms with van der Waals surface area (Å²) in [5.41, 5.74) is 4.51. The molecule has 8 heteroatoms. The predicted molar refractivity (Wildman–Crippen MR) is 66.9 cm³/mol. The second-order valence-electron chi connectivity index (χ2n) is 3.62. The summed E-state index contributed by atoms with van der Waals surface area (Å²) in [4.78, 5) is 23.2. The number of carbonyl (C=O) groups excluding carboxylic acids is 2. The number of hydrazine groups is 2. The van der Waals surface area contributed by atoms with Crippen LogP contribution in [0.5, 0.6) is 0 Å². The average Bonchev–Trinajstić information content (AvgIpc) is 2.91. The van der Waals surface area contributed by atoms with E-state index in [0.717, 1.165) is 0 Å². The molecule has 0 spiro atoms. The Morgan fingerprint density at radius 3 is 2.26 bits per heavy atom. The number of amides is 2. The lowest BCUT2D eigenvalue weighted by Gasteiger charge is -1.99. The molecule has 6 N–H and O–H groups in total. The summed E-state index contributed by atoms with van der Waals surface area (Å²) in [6, 6.07) is 9.02. The topological polar surface area (TPSA) is 128 Å². The number of benzene rings is 1. The molecule has 2 amide bonds. The number of nitrogen functional groups attached to an aromatic ring is 2. The van der Waals surface area contributed by atoms with Crippen molar-refractivity contribution in [3.63, 3.8) is 0 Å². The normalized spacial score (nSPS) is 10.0. The van der Waals surface area contributed by atoms with Crippen LogP contribution < -0.4 is 22.5 Å². The summed E-state index contributed by atoms with van der Waals surface area (Å²) in [6.07, 6.45) is 1.40. The number of carbonyl (C=O) groups is 2. The van der Waals surface area contributed by atoms with Crippen LogP contribution >= 0.6 is 0 Å². The summed E-state index contributed by atoms with van der Waals surface area (Å²) in [6.45, 7) is 0. The standard InChI is InChI=1S/C11H12N6O2/c12-14-10(18)8-6-17(7-4-2-1-3-5-7)16-9(8)11(19)15-13/h1-6H,12-13H2,(H,14,18)(H,15,19). The first kappa shape index (κ1) is 12.7. The van der Waals surface area contributed by atoms with Gasteiger partial charge in [-0.3, -0.25) is 20.4 Å². The number of rotatable bonds is 3. The first-order valence-corrected chi connectivity index (χ1v) is 5.34. The average molecular weight is 260 g/mol.